The predicted octanol–water partition coefficient (Wildman–Crippen LogP) is 10.5. The summed E-state index contributed by atoms with van der Waals surface area (Å²) in [6.07, 6.45) is -0.947. The lowest BCUT2D eigenvalue weighted by molar-refractivity contribution is -0.185. The van der Waals surface area contributed by atoms with Crippen LogP contribution >= 0.6 is 0 Å². The van der Waals surface area contributed by atoms with Crippen LogP contribution in [0.25, 0.3) is 22.3 Å². The van der Waals surface area contributed by atoms with E-state index in [0.717, 1.165) is 36.1 Å². The molecular formula is C32H22F8O2. The van der Waals surface area contributed by atoms with E-state index in [0.29, 0.717) is 23.8 Å². The number of ether oxygens (including phenoxy) is 2. The van der Waals surface area contributed by atoms with Gasteiger partial charge in [-0.05, 0) is 78.4 Å². The Labute approximate surface area is 236 Å². The highest BCUT2D eigenvalue weighted by molar-refractivity contribution is 5.67. The van der Waals surface area contributed by atoms with E-state index in [4.69, 9.17) is 4.74 Å². The van der Waals surface area contributed by atoms with E-state index in [1.54, 1.807) is 0 Å². The van der Waals surface area contributed by atoms with Gasteiger partial charge >= 0.3 is 18.2 Å². The summed E-state index contributed by atoms with van der Waals surface area (Å²) in [5, 5.41) is 0. The number of hydrogen-bond acceptors (Lipinski definition) is 2. The van der Waals surface area contributed by atoms with Gasteiger partial charge in [0, 0.05) is 11.6 Å². The summed E-state index contributed by atoms with van der Waals surface area (Å²) in [6.45, 7) is 1.95. The Morgan fingerprint density at radius 3 is 1.88 bits per heavy atom. The van der Waals surface area contributed by atoms with Gasteiger partial charge in [0.05, 0.1) is 5.56 Å². The first kappa shape index (κ1) is 30.4. The molecule has 0 aliphatic rings. The Morgan fingerprint density at radius 2 is 1.33 bits per heavy atom. The second kappa shape index (κ2) is 12.9. The Morgan fingerprint density at radius 1 is 0.738 bits per heavy atom. The van der Waals surface area contributed by atoms with Gasteiger partial charge in [0.25, 0.3) is 0 Å². The molecule has 0 atom stereocenters. The average molecular weight is 591 g/mol. The van der Waals surface area contributed by atoms with Crippen molar-refractivity contribution in [1.29, 1.82) is 0 Å². The summed E-state index contributed by atoms with van der Waals surface area (Å²) < 4.78 is 119. The van der Waals surface area contributed by atoms with Crippen molar-refractivity contribution >= 4 is 0 Å². The molecule has 0 saturated carbocycles. The standard InChI is InChI=1S/C32H22F8O2/c1-2-3-4-5-19-6-8-20(9-7-19)21-10-12-23(13-11-21)32(39,40)42-24-14-15-25(26(33)18-24)22-16-27(34)29(28(35)17-22)41-31(38)30(36)37/h2-3,6-18H,4-5H2,1H3/b3-2+. The Bertz CT molecular complexity index is 1580. The van der Waals surface area contributed by atoms with Gasteiger partial charge in [0.2, 0.25) is 5.75 Å². The first-order valence-corrected chi connectivity index (χ1v) is 12.5. The summed E-state index contributed by atoms with van der Waals surface area (Å²) in [4.78, 5) is 0. The summed E-state index contributed by atoms with van der Waals surface area (Å²) in [6, 6.07) is 14.1. The summed E-state index contributed by atoms with van der Waals surface area (Å²) in [5.41, 5.74) is 1.33. The van der Waals surface area contributed by atoms with Gasteiger partial charge in [-0.15, -0.1) is 0 Å². The third-order valence-electron chi connectivity index (χ3n) is 6.18. The highest BCUT2D eigenvalue weighted by atomic mass is 19.3. The summed E-state index contributed by atoms with van der Waals surface area (Å²) in [7, 11) is 0. The molecule has 4 aromatic rings. The van der Waals surface area contributed by atoms with Crippen molar-refractivity contribution in [3.8, 4) is 33.8 Å². The van der Waals surface area contributed by atoms with Crippen LogP contribution in [0.4, 0.5) is 35.1 Å². The van der Waals surface area contributed by atoms with Crippen LogP contribution in [0.5, 0.6) is 11.5 Å². The van der Waals surface area contributed by atoms with Gasteiger partial charge in [-0.3, -0.25) is 0 Å². The lowest BCUT2D eigenvalue weighted by atomic mass is 10.0. The second-order valence-corrected chi connectivity index (χ2v) is 9.05. The molecular weight excluding hydrogens is 568 g/mol. The quantitative estimate of drug-likeness (QED) is 0.104. The van der Waals surface area contributed by atoms with E-state index in [2.05, 4.69) is 10.8 Å². The van der Waals surface area contributed by atoms with Crippen molar-refractivity contribution < 1.29 is 44.6 Å². The number of benzene rings is 4. The van der Waals surface area contributed by atoms with Crippen molar-refractivity contribution in [2.75, 3.05) is 0 Å². The SMILES string of the molecule is C/C=C/CCc1ccc(-c2ccc(C(F)(F)Oc3ccc(-c4cc(F)c(OC(F)=C(F)F)c(F)c4)c(F)c3)cc2)cc1. The van der Waals surface area contributed by atoms with Crippen LogP contribution < -0.4 is 9.47 Å². The zero-order valence-corrected chi connectivity index (χ0v) is 21.9. The number of hydrogen-bond donors (Lipinski definition) is 0. The molecule has 0 amide bonds. The second-order valence-electron chi connectivity index (χ2n) is 9.05. The minimum atomic E-state index is -3.86. The molecule has 0 spiro atoms. The molecule has 42 heavy (non-hydrogen) atoms. The number of alkyl halides is 2. The molecule has 0 saturated heterocycles. The van der Waals surface area contributed by atoms with E-state index in [9.17, 15) is 35.1 Å². The molecule has 10 heteroatoms. The third-order valence-corrected chi connectivity index (χ3v) is 6.18. The molecule has 2 nitrogen and oxygen atoms in total. The number of rotatable bonds is 10. The first-order valence-electron chi connectivity index (χ1n) is 12.5. The Hall–Kier alpha value is -4.60. The summed E-state index contributed by atoms with van der Waals surface area (Å²) >= 11 is 0. The van der Waals surface area contributed by atoms with Gasteiger partial charge < -0.3 is 9.47 Å². The number of allylic oxidation sites excluding steroid dienone is 2. The van der Waals surface area contributed by atoms with Crippen molar-refractivity contribution in [2.45, 2.75) is 25.9 Å². The van der Waals surface area contributed by atoms with Gasteiger partial charge in [-0.1, -0.05) is 48.6 Å². The largest absolute Gasteiger partial charge is 0.429 e. The van der Waals surface area contributed by atoms with Crippen LogP contribution in [0.15, 0.2) is 103 Å². The van der Waals surface area contributed by atoms with E-state index < -0.39 is 63.8 Å². The van der Waals surface area contributed by atoms with Crippen LogP contribution in [0.1, 0.15) is 24.5 Å². The molecule has 0 N–H and O–H groups in total. The number of halogens is 8. The molecule has 0 aromatic heterocycles. The molecule has 0 radical (unpaired) electrons. The molecule has 0 aliphatic carbocycles. The molecule has 218 valence electrons. The minimum absolute atomic E-state index is 0.431. The molecule has 4 aromatic carbocycles. The number of aryl methyl sites for hydroxylation is 1. The van der Waals surface area contributed by atoms with E-state index in [1.807, 2.05) is 37.3 Å². The fourth-order valence-corrected chi connectivity index (χ4v) is 4.08. The van der Waals surface area contributed by atoms with Crippen molar-refractivity contribution in [3.63, 3.8) is 0 Å². The molecule has 0 bridgehead atoms. The zero-order chi connectivity index (χ0) is 30.4. The van der Waals surface area contributed by atoms with Crippen molar-refractivity contribution in [3.05, 3.63) is 132 Å². The molecule has 4 rings (SSSR count). The smallest absolute Gasteiger partial charge is 0.426 e. The van der Waals surface area contributed by atoms with E-state index in [-0.39, 0.29) is 0 Å². The Balaban J connectivity index is 1.48. The van der Waals surface area contributed by atoms with Crippen LogP contribution in [0.3, 0.4) is 0 Å². The molecule has 0 unspecified atom stereocenters. The van der Waals surface area contributed by atoms with E-state index >= 15 is 0 Å². The van der Waals surface area contributed by atoms with Gasteiger partial charge in [-0.25, -0.2) is 13.2 Å². The first-order chi connectivity index (χ1) is 20.0. The van der Waals surface area contributed by atoms with Gasteiger partial charge in [0.1, 0.15) is 11.6 Å². The third kappa shape index (κ3) is 7.18. The highest BCUT2D eigenvalue weighted by Crippen LogP contribution is 2.36. The molecule has 0 heterocycles. The maximum absolute atomic E-state index is 14.9. The van der Waals surface area contributed by atoms with Crippen LogP contribution in [0, 0.1) is 17.5 Å². The van der Waals surface area contributed by atoms with Crippen molar-refractivity contribution in [1.82, 2.24) is 0 Å². The predicted molar refractivity (Wildman–Crippen MR) is 142 cm³/mol. The molecule has 0 fully saturated rings. The van der Waals surface area contributed by atoms with Crippen molar-refractivity contribution in [2.24, 2.45) is 0 Å². The normalized spacial score (nSPS) is 11.5. The maximum Gasteiger partial charge on any atom is 0.426 e. The van der Waals surface area contributed by atoms with E-state index in [1.165, 1.54) is 24.3 Å². The lowest BCUT2D eigenvalue weighted by Gasteiger charge is -2.19. The Kier molecular flexibility index (Phi) is 9.35. The van der Waals surface area contributed by atoms with Gasteiger partial charge in [0.15, 0.2) is 11.6 Å². The van der Waals surface area contributed by atoms with Crippen LogP contribution in [-0.4, -0.2) is 0 Å². The summed E-state index contributed by atoms with van der Waals surface area (Å²) in [5.74, 6) is -6.42. The minimum Gasteiger partial charge on any atom is -0.429 e. The lowest BCUT2D eigenvalue weighted by Crippen LogP contribution is -2.21. The van der Waals surface area contributed by atoms with Crippen LogP contribution in [-0.2, 0) is 12.5 Å². The van der Waals surface area contributed by atoms with Crippen LogP contribution in [0.2, 0.25) is 0 Å². The van der Waals surface area contributed by atoms with Gasteiger partial charge in [-0.2, -0.15) is 22.0 Å². The maximum atomic E-state index is 14.9. The zero-order valence-electron chi connectivity index (χ0n) is 21.9. The average Bonchev–Trinajstić information content (AvgIpc) is 2.95. The fraction of sp³-hybridized carbons (Fsp3) is 0.125. The fourth-order valence-electron chi connectivity index (χ4n) is 4.08. The molecule has 0 aliphatic heterocycles. The monoisotopic (exact) mass is 590 g/mol. The highest BCUT2D eigenvalue weighted by Gasteiger charge is 2.34. The topological polar surface area (TPSA) is 18.5 Å².